The van der Waals surface area contributed by atoms with E-state index in [9.17, 15) is 14.7 Å². The van der Waals surface area contributed by atoms with Gasteiger partial charge in [-0.05, 0) is 88.8 Å². The van der Waals surface area contributed by atoms with Gasteiger partial charge in [0.25, 0.3) is 11.7 Å². The van der Waals surface area contributed by atoms with E-state index < -0.39 is 17.7 Å². The fourth-order valence-corrected chi connectivity index (χ4v) is 4.73. The SMILES string of the molecule is CCOc1ccc(/C(O)=C2\C(=O)C(=O)N(CCCN(CC)CC)[C@@H]2c2ccc(OCC)c(OCC)c2)cc1. The smallest absolute Gasteiger partial charge is 0.295 e. The molecule has 3 rings (SSSR count). The van der Waals surface area contributed by atoms with Gasteiger partial charge in [0.15, 0.2) is 11.5 Å². The lowest BCUT2D eigenvalue weighted by Gasteiger charge is -2.27. The molecular weight excluding hydrogens is 484 g/mol. The number of likely N-dealkylation sites (tertiary alicyclic amines) is 1. The molecule has 1 fully saturated rings. The van der Waals surface area contributed by atoms with E-state index in [1.165, 1.54) is 0 Å². The van der Waals surface area contributed by atoms with Crippen LogP contribution in [0.2, 0.25) is 0 Å². The number of aliphatic hydroxyl groups excluding tert-OH is 1. The van der Waals surface area contributed by atoms with Gasteiger partial charge in [0.05, 0.1) is 31.4 Å². The zero-order valence-electron chi connectivity index (χ0n) is 23.2. The molecule has 1 heterocycles. The molecule has 2 aromatic carbocycles. The number of amides is 1. The summed E-state index contributed by atoms with van der Waals surface area (Å²) >= 11 is 0. The number of carbonyl (C=O) groups is 2. The lowest BCUT2D eigenvalue weighted by Crippen LogP contribution is -2.33. The van der Waals surface area contributed by atoms with Crippen LogP contribution >= 0.6 is 0 Å². The zero-order chi connectivity index (χ0) is 27.7. The number of hydrogen-bond acceptors (Lipinski definition) is 7. The lowest BCUT2D eigenvalue weighted by molar-refractivity contribution is -0.140. The van der Waals surface area contributed by atoms with Gasteiger partial charge >= 0.3 is 0 Å². The Morgan fingerprint density at radius 1 is 0.868 bits per heavy atom. The summed E-state index contributed by atoms with van der Waals surface area (Å²) < 4.78 is 17.0. The highest BCUT2D eigenvalue weighted by Gasteiger charge is 2.46. The van der Waals surface area contributed by atoms with Gasteiger partial charge in [0.1, 0.15) is 11.5 Å². The van der Waals surface area contributed by atoms with E-state index in [4.69, 9.17) is 14.2 Å². The number of Topliss-reactive ketones (excluding diaryl/α,β-unsaturated/α-hetero) is 1. The molecule has 1 saturated heterocycles. The first-order valence-corrected chi connectivity index (χ1v) is 13.5. The molecule has 0 bridgehead atoms. The Morgan fingerprint density at radius 3 is 2.11 bits per heavy atom. The molecule has 206 valence electrons. The predicted molar refractivity (Wildman–Crippen MR) is 148 cm³/mol. The maximum absolute atomic E-state index is 13.4. The summed E-state index contributed by atoms with van der Waals surface area (Å²) in [4.78, 5) is 30.5. The van der Waals surface area contributed by atoms with Crippen LogP contribution in [0.1, 0.15) is 58.2 Å². The van der Waals surface area contributed by atoms with Crippen molar-refractivity contribution in [2.24, 2.45) is 0 Å². The molecule has 0 aromatic heterocycles. The van der Waals surface area contributed by atoms with E-state index in [2.05, 4.69) is 18.7 Å². The van der Waals surface area contributed by atoms with Gasteiger partial charge in [-0.15, -0.1) is 0 Å². The van der Waals surface area contributed by atoms with Gasteiger partial charge in [0, 0.05) is 12.1 Å². The first-order chi connectivity index (χ1) is 18.4. The zero-order valence-corrected chi connectivity index (χ0v) is 23.2. The molecule has 1 aliphatic heterocycles. The lowest BCUT2D eigenvalue weighted by atomic mass is 9.95. The summed E-state index contributed by atoms with van der Waals surface area (Å²) in [6.45, 7) is 14.3. The molecule has 1 N–H and O–H groups in total. The molecule has 0 saturated carbocycles. The van der Waals surface area contributed by atoms with Crippen molar-refractivity contribution in [3.63, 3.8) is 0 Å². The Hall–Kier alpha value is -3.52. The minimum absolute atomic E-state index is 0.0635. The summed E-state index contributed by atoms with van der Waals surface area (Å²) in [6, 6.07) is 11.5. The quantitative estimate of drug-likeness (QED) is 0.211. The summed E-state index contributed by atoms with van der Waals surface area (Å²) in [7, 11) is 0. The summed E-state index contributed by atoms with van der Waals surface area (Å²) in [5.41, 5.74) is 1.18. The van der Waals surface area contributed by atoms with Crippen LogP contribution in [0.15, 0.2) is 48.0 Å². The number of nitrogens with zero attached hydrogens (tertiary/aromatic N) is 2. The van der Waals surface area contributed by atoms with Crippen LogP contribution in [0.4, 0.5) is 0 Å². The van der Waals surface area contributed by atoms with Crippen molar-refractivity contribution < 1.29 is 28.9 Å². The molecule has 2 aromatic rings. The van der Waals surface area contributed by atoms with Gasteiger partial charge < -0.3 is 29.1 Å². The Morgan fingerprint density at radius 2 is 1.50 bits per heavy atom. The van der Waals surface area contributed by atoms with E-state index in [0.29, 0.717) is 61.2 Å². The summed E-state index contributed by atoms with van der Waals surface area (Å²) in [6.07, 6.45) is 0.698. The second kappa shape index (κ2) is 13.9. The van der Waals surface area contributed by atoms with Gasteiger partial charge in [-0.1, -0.05) is 19.9 Å². The topological polar surface area (TPSA) is 88.5 Å². The van der Waals surface area contributed by atoms with Crippen LogP contribution in [-0.4, -0.2) is 72.6 Å². The molecule has 1 atom stereocenters. The van der Waals surface area contributed by atoms with Crippen molar-refractivity contribution >= 4 is 17.4 Å². The van der Waals surface area contributed by atoms with Crippen molar-refractivity contribution in [1.82, 2.24) is 9.80 Å². The van der Waals surface area contributed by atoms with Gasteiger partial charge in [-0.25, -0.2) is 0 Å². The molecule has 8 nitrogen and oxygen atoms in total. The fraction of sp³-hybridized carbons (Fsp3) is 0.467. The summed E-state index contributed by atoms with van der Waals surface area (Å²) in [5, 5.41) is 11.4. The average molecular weight is 525 g/mol. The van der Waals surface area contributed by atoms with Crippen molar-refractivity contribution in [1.29, 1.82) is 0 Å². The number of carbonyl (C=O) groups excluding carboxylic acids is 2. The Bertz CT molecular complexity index is 1120. The van der Waals surface area contributed by atoms with Crippen molar-refractivity contribution in [2.75, 3.05) is 46.0 Å². The molecular formula is C30H40N2O6. The number of ether oxygens (including phenoxy) is 3. The van der Waals surface area contributed by atoms with E-state index in [0.717, 1.165) is 19.6 Å². The van der Waals surface area contributed by atoms with Crippen LogP contribution in [0.25, 0.3) is 5.76 Å². The Balaban J connectivity index is 2.08. The third-order valence-corrected chi connectivity index (χ3v) is 6.63. The first kappa shape index (κ1) is 29.0. The monoisotopic (exact) mass is 524 g/mol. The van der Waals surface area contributed by atoms with Gasteiger partial charge in [-0.3, -0.25) is 9.59 Å². The van der Waals surface area contributed by atoms with E-state index in [1.54, 1.807) is 41.3 Å². The molecule has 1 aliphatic rings. The Labute approximate surface area is 225 Å². The molecule has 0 radical (unpaired) electrons. The maximum atomic E-state index is 13.4. The van der Waals surface area contributed by atoms with Crippen molar-refractivity contribution in [2.45, 2.75) is 47.1 Å². The van der Waals surface area contributed by atoms with Crippen LogP contribution in [0.3, 0.4) is 0 Å². The number of ketones is 1. The third-order valence-electron chi connectivity index (χ3n) is 6.63. The fourth-order valence-electron chi connectivity index (χ4n) is 4.73. The molecule has 1 amide bonds. The first-order valence-electron chi connectivity index (χ1n) is 13.5. The van der Waals surface area contributed by atoms with Crippen LogP contribution in [-0.2, 0) is 9.59 Å². The van der Waals surface area contributed by atoms with Crippen LogP contribution in [0.5, 0.6) is 17.2 Å². The van der Waals surface area contributed by atoms with Crippen molar-refractivity contribution in [3.05, 3.63) is 59.2 Å². The van der Waals surface area contributed by atoms with E-state index in [1.807, 2.05) is 26.8 Å². The molecule has 0 aliphatic carbocycles. The van der Waals surface area contributed by atoms with Crippen LogP contribution in [0, 0.1) is 0 Å². The van der Waals surface area contributed by atoms with Crippen LogP contribution < -0.4 is 14.2 Å². The highest BCUT2D eigenvalue weighted by molar-refractivity contribution is 6.46. The number of hydrogen-bond donors (Lipinski definition) is 1. The molecule has 38 heavy (non-hydrogen) atoms. The van der Waals surface area contributed by atoms with Gasteiger partial charge in [-0.2, -0.15) is 0 Å². The minimum Gasteiger partial charge on any atom is -0.507 e. The van der Waals surface area contributed by atoms with Gasteiger partial charge in [0.2, 0.25) is 0 Å². The Kier molecular flexibility index (Phi) is 10.6. The second-order valence-electron chi connectivity index (χ2n) is 8.90. The number of benzene rings is 2. The second-order valence-corrected chi connectivity index (χ2v) is 8.90. The number of rotatable bonds is 14. The van der Waals surface area contributed by atoms with E-state index in [-0.39, 0.29) is 11.3 Å². The minimum atomic E-state index is -0.756. The van der Waals surface area contributed by atoms with Crippen molar-refractivity contribution in [3.8, 4) is 17.2 Å². The third kappa shape index (κ3) is 6.48. The summed E-state index contributed by atoms with van der Waals surface area (Å²) in [5.74, 6) is 0.245. The molecule has 0 spiro atoms. The highest BCUT2D eigenvalue weighted by Crippen LogP contribution is 2.42. The number of aliphatic hydroxyl groups is 1. The van der Waals surface area contributed by atoms with E-state index >= 15 is 0 Å². The molecule has 0 unspecified atom stereocenters. The maximum Gasteiger partial charge on any atom is 0.295 e. The largest absolute Gasteiger partial charge is 0.507 e. The average Bonchev–Trinajstić information content (AvgIpc) is 3.17. The molecule has 8 heteroatoms. The highest BCUT2D eigenvalue weighted by atomic mass is 16.5. The standard InChI is InChI=1S/C30H40N2O6/c1-6-31(7-2)18-11-19-32-27(22-14-17-24(37-9-4)25(20-22)38-10-5)26(29(34)30(32)35)28(33)21-12-15-23(16-13-21)36-8-3/h12-17,20,27,33H,6-11,18-19H2,1-5H3/b28-26+/t27-/m1/s1. The predicted octanol–water partition coefficient (Wildman–Crippen LogP) is 5.04. The normalized spacial score (nSPS) is 16.8.